The first-order valence-electron chi connectivity index (χ1n) is 9.55. The van der Waals surface area contributed by atoms with Crippen LogP contribution in [0.15, 0.2) is 30.3 Å². The monoisotopic (exact) mass is 452 g/mol. The molecule has 3 N–H and O–H groups in total. The van der Waals surface area contributed by atoms with E-state index in [1.165, 1.54) is 17.0 Å². The van der Waals surface area contributed by atoms with Crippen molar-refractivity contribution in [2.75, 3.05) is 18.4 Å². The van der Waals surface area contributed by atoms with Crippen molar-refractivity contribution in [3.63, 3.8) is 0 Å². The summed E-state index contributed by atoms with van der Waals surface area (Å²) in [6.07, 6.45) is -4.60. The molecule has 31 heavy (non-hydrogen) atoms. The highest BCUT2D eigenvalue weighted by Gasteiger charge is 2.43. The minimum Gasteiger partial charge on any atom is -0.382 e. The predicted molar refractivity (Wildman–Crippen MR) is 111 cm³/mol. The van der Waals surface area contributed by atoms with Gasteiger partial charge < -0.3 is 16.0 Å². The van der Waals surface area contributed by atoms with Gasteiger partial charge in [0.05, 0.1) is 23.3 Å². The van der Waals surface area contributed by atoms with Crippen LogP contribution >= 0.6 is 11.6 Å². The van der Waals surface area contributed by atoms with Gasteiger partial charge in [0.15, 0.2) is 0 Å². The molecular weight excluding hydrogens is 433 g/mol. The van der Waals surface area contributed by atoms with Gasteiger partial charge in [0.2, 0.25) is 0 Å². The third-order valence-electron chi connectivity index (χ3n) is 5.43. The van der Waals surface area contributed by atoms with Crippen molar-refractivity contribution in [2.45, 2.75) is 32.1 Å². The van der Waals surface area contributed by atoms with Gasteiger partial charge in [-0.2, -0.15) is 18.3 Å². The minimum absolute atomic E-state index is 0.146. The lowest BCUT2D eigenvalue weighted by Gasteiger charge is -2.47. The fraction of sp³-hybridized carbons (Fsp3) is 0.350. The third-order valence-corrected chi connectivity index (χ3v) is 5.67. The Labute approximate surface area is 181 Å². The van der Waals surface area contributed by atoms with E-state index in [-0.39, 0.29) is 29.8 Å². The number of hydrogen-bond donors (Lipinski definition) is 2. The maximum absolute atomic E-state index is 13.4. The Hall–Kier alpha value is -3.01. The summed E-state index contributed by atoms with van der Waals surface area (Å²) in [5.41, 5.74) is 6.63. The SMILES string of the molecule is Cc1cc(C)n(C2CN(C(N)=O)C2CNc2cc(C(F)(F)F)nc3ccc(Cl)cc23)n1. The molecule has 0 bridgehead atoms. The summed E-state index contributed by atoms with van der Waals surface area (Å²) in [6, 6.07) is 6.23. The highest BCUT2D eigenvalue weighted by atomic mass is 35.5. The average molecular weight is 453 g/mol. The zero-order valence-corrected chi connectivity index (χ0v) is 17.5. The number of aromatic nitrogens is 3. The van der Waals surface area contributed by atoms with Crippen molar-refractivity contribution >= 4 is 34.2 Å². The normalized spacial score (nSPS) is 18.8. The van der Waals surface area contributed by atoms with Gasteiger partial charge in [-0.15, -0.1) is 0 Å². The molecule has 1 aliphatic rings. The number of anilines is 1. The molecule has 7 nitrogen and oxygen atoms in total. The Kier molecular flexibility index (Phi) is 5.20. The number of halogens is 4. The molecule has 2 amide bonds. The van der Waals surface area contributed by atoms with Crippen LogP contribution in [0.4, 0.5) is 23.7 Å². The first-order valence-corrected chi connectivity index (χ1v) is 9.92. The first kappa shape index (κ1) is 21.2. The Morgan fingerprint density at radius 1 is 1.29 bits per heavy atom. The molecule has 4 rings (SSSR count). The number of benzene rings is 1. The quantitative estimate of drug-likeness (QED) is 0.622. The fourth-order valence-corrected chi connectivity index (χ4v) is 4.13. The molecule has 1 aromatic carbocycles. The van der Waals surface area contributed by atoms with Gasteiger partial charge >= 0.3 is 12.2 Å². The zero-order valence-electron chi connectivity index (χ0n) is 16.7. The van der Waals surface area contributed by atoms with Gasteiger partial charge in [0.25, 0.3) is 0 Å². The molecule has 2 unspecified atom stereocenters. The number of primary amides is 1. The van der Waals surface area contributed by atoms with E-state index in [9.17, 15) is 18.0 Å². The number of amides is 2. The van der Waals surface area contributed by atoms with Gasteiger partial charge in [-0.1, -0.05) is 11.6 Å². The van der Waals surface area contributed by atoms with Gasteiger partial charge in [0.1, 0.15) is 5.69 Å². The van der Waals surface area contributed by atoms with Crippen molar-refractivity contribution in [3.05, 3.63) is 52.4 Å². The predicted octanol–water partition coefficient (Wildman–Crippen LogP) is 4.14. The van der Waals surface area contributed by atoms with E-state index in [1.807, 2.05) is 24.6 Å². The smallest absolute Gasteiger partial charge is 0.382 e. The van der Waals surface area contributed by atoms with Gasteiger partial charge in [-0.05, 0) is 44.2 Å². The molecule has 0 spiro atoms. The van der Waals surface area contributed by atoms with Crippen LogP contribution in [0, 0.1) is 13.8 Å². The van der Waals surface area contributed by atoms with E-state index < -0.39 is 17.9 Å². The van der Waals surface area contributed by atoms with Crippen LogP contribution in [-0.2, 0) is 6.18 Å². The zero-order chi connectivity index (χ0) is 22.5. The second-order valence-corrected chi connectivity index (χ2v) is 8.03. The number of likely N-dealkylation sites (tertiary alicyclic amines) is 1. The average Bonchev–Trinajstić information content (AvgIpc) is 2.97. The summed E-state index contributed by atoms with van der Waals surface area (Å²) < 4.78 is 41.9. The van der Waals surface area contributed by atoms with Crippen molar-refractivity contribution < 1.29 is 18.0 Å². The van der Waals surface area contributed by atoms with Crippen LogP contribution in [-0.4, -0.2) is 44.8 Å². The van der Waals surface area contributed by atoms with Crippen LogP contribution in [0.5, 0.6) is 0 Å². The number of pyridine rings is 1. The van der Waals surface area contributed by atoms with Gasteiger partial charge in [0, 0.05) is 34.9 Å². The summed E-state index contributed by atoms with van der Waals surface area (Å²) in [4.78, 5) is 17.0. The molecule has 0 radical (unpaired) electrons. The Morgan fingerprint density at radius 2 is 2.03 bits per heavy atom. The van der Waals surface area contributed by atoms with Crippen molar-refractivity contribution in [2.24, 2.45) is 5.73 Å². The topological polar surface area (TPSA) is 89.1 Å². The van der Waals surface area contributed by atoms with E-state index in [1.54, 1.807) is 6.07 Å². The second kappa shape index (κ2) is 7.60. The van der Waals surface area contributed by atoms with Crippen LogP contribution < -0.4 is 11.1 Å². The maximum atomic E-state index is 13.4. The summed E-state index contributed by atoms with van der Waals surface area (Å²) >= 11 is 6.05. The number of aryl methyl sites for hydroxylation is 2. The van der Waals surface area contributed by atoms with E-state index in [4.69, 9.17) is 17.3 Å². The first-order chi connectivity index (χ1) is 14.5. The van der Waals surface area contributed by atoms with Gasteiger partial charge in [-0.3, -0.25) is 4.68 Å². The van der Waals surface area contributed by atoms with E-state index in [0.717, 1.165) is 17.5 Å². The van der Waals surface area contributed by atoms with Crippen LogP contribution in [0.3, 0.4) is 0 Å². The van der Waals surface area contributed by atoms with Crippen molar-refractivity contribution in [3.8, 4) is 0 Å². The fourth-order valence-electron chi connectivity index (χ4n) is 3.95. The lowest BCUT2D eigenvalue weighted by atomic mass is 9.96. The number of nitrogens with one attached hydrogen (secondary N) is 1. The van der Waals surface area contributed by atoms with Crippen molar-refractivity contribution in [1.82, 2.24) is 19.7 Å². The number of alkyl halides is 3. The van der Waals surface area contributed by atoms with Crippen LogP contribution in [0.2, 0.25) is 5.02 Å². The molecule has 11 heteroatoms. The van der Waals surface area contributed by atoms with E-state index in [2.05, 4.69) is 15.4 Å². The molecule has 164 valence electrons. The van der Waals surface area contributed by atoms with Gasteiger partial charge in [-0.25, -0.2) is 9.78 Å². The van der Waals surface area contributed by atoms with Crippen LogP contribution in [0.25, 0.3) is 10.9 Å². The number of nitrogens with two attached hydrogens (primary N) is 1. The Balaban J connectivity index is 1.67. The molecule has 1 saturated heterocycles. The molecule has 3 heterocycles. The largest absolute Gasteiger partial charge is 0.433 e. The molecule has 2 atom stereocenters. The summed E-state index contributed by atoms with van der Waals surface area (Å²) in [7, 11) is 0. The molecular formula is C20H20ClF3N6O. The Morgan fingerprint density at radius 3 is 2.65 bits per heavy atom. The van der Waals surface area contributed by atoms with E-state index in [0.29, 0.717) is 17.0 Å². The lowest BCUT2D eigenvalue weighted by molar-refractivity contribution is -0.140. The summed E-state index contributed by atoms with van der Waals surface area (Å²) in [5, 5.41) is 8.35. The highest BCUT2D eigenvalue weighted by molar-refractivity contribution is 6.31. The maximum Gasteiger partial charge on any atom is 0.433 e. The standard InChI is InChI=1S/C20H20ClF3N6O/c1-10-5-11(2)30(28-10)17-9-29(19(25)31)16(17)8-26-15-7-18(20(22,23)24)27-14-4-3-12(21)6-13(14)15/h3-7,16-17H,8-9H2,1-2H3,(H2,25,31)(H,26,27). The number of carbonyl (C=O) groups is 1. The molecule has 3 aromatic rings. The molecule has 2 aromatic heterocycles. The number of rotatable bonds is 4. The number of urea groups is 1. The number of carbonyl (C=O) groups excluding carboxylic acids is 1. The number of nitrogens with zero attached hydrogens (tertiary/aromatic N) is 4. The molecule has 0 saturated carbocycles. The van der Waals surface area contributed by atoms with E-state index >= 15 is 0 Å². The van der Waals surface area contributed by atoms with Crippen LogP contribution in [0.1, 0.15) is 23.1 Å². The molecule has 1 aliphatic heterocycles. The highest BCUT2D eigenvalue weighted by Crippen LogP contribution is 2.35. The molecule has 1 fully saturated rings. The second-order valence-electron chi connectivity index (χ2n) is 7.59. The minimum atomic E-state index is -4.60. The Bertz CT molecular complexity index is 1160. The summed E-state index contributed by atoms with van der Waals surface area (Å²) in [5.74, 6) is 0. The third kappa shape index (κ3) is 3.99. The summed E-state index contributed by atoms with van der Waals surface area (Å²) in [6.45, 7) is 4.33. The molecule has 0 aliphatic carbocycles. The number of hydrogen-bond acceptors (Lipinski definition) is 4. The van der Waals surface area contributed by atoms with Crippen molar-refractivity contribution in [1.29, 1.82) is 0 Å². The lowest BCUT2D eigenvalue weighted by Crippen LogP contribution is -2.63. The number of fused-ring (bicyclic) bond motifs is 1.